The molecule has 6 heterocycles. The van der Waals surface area contributed by atoms with Crippen LogP contribution in [-0.2, 0) is 53.7 Å². The van der Waals surface area contributed by atoms with Crippen LogP contribution in [0.1, 0.15) is 103 Å². The number of benzene rings is 6. The summed E-state index contributed by atoms with van der Waals surface area (Å²) < 4.78 is 37.0. The van der Waals surface area contributed by atoms with Crippen molar-refractivity contribution < 1.29 is 76.7 Å². The van der Waals surface area contributed by atoms with Crippen molar-refractivity contribution in [3.8, 4) is 51.3 Å². The zero-order chi connectivity index (χ0) is 75.4. The molecule has 7 N–H and O–H groups in total. The van der Waals surface area contributed by atoms with Gasteiger partial charge in [-0.05, 0) is 109 Å². The number of anilines is 4. The predicted molar refractivity (Wildman–Crippen MR) is 393 cm³/mol. The van der Waals surface area contributed by atoms with Gasteiger partial charge in [-0.25, -0.2) is 14.4 Å². The molecule has 0 radical (unpaired) electrons. The van der Waals surface area contributed by atoms with Crippen molar-refractivity contribution in [2.75, 3.05) is 81.2 Å². The Bertz CT molecular complexity index is 4650. The van der Waals surface area contributed by atoms with Gasteiger partial charge >= 0.3 is 6.09 Å². The predicted octanol–water partition coefficient (Wildman–Crippen LogP) is 7.32. The molecule has 7 aromatic rings. The number of hydrogen-bond donors (Lipinski definition) is 7. The first-order valence-electron chi connectivity index (χ1n) is 35.6. The summed E-state index contributed by atoms with van der Waals surface area (Å²) in [5, 5.41) is 37.3. The van der Waals surface area contributed by atoms with Gasteiger partial charge in [0, 0.05) is 74.5 Å². The van der Waals surface area contributed by atoms with Crippen LogP contribution >= 0.6 is 0 Å². The largest absolute Gasteiger partial charge is 0.497 e. The van der Waals surface area contributed by atoms with Crippen LogP contribution in [0.5, 0.6) is 28.7 Å². The quantitative estimate of drug-likeness (QED) is 0.0276. The average Bonchev–Trinajstić information content (AvgIpc) is 1.57. The van der Waals surface area contributed by atoms with Crippen molar-refractivity contribution in [3.05, 3.63) is 155 Å². The van der Waals surface area contributed by atoms with E-state index >= 15 is 0 Å². The number of carbonyl (C=O) groups is 9. The fourth-order valence-corrected chi connectivity index (χ4v) is 14.3. The highest BCUT2D eigenvalue weighted by Crippen LogP contribution is 2.57. The van der Waals surface area contributed by atoms with Gasteiger partial charge in [0.1, 0.15) is 30.1 Å². The third kappa shape index (κ3) is 15.7. The summed E-state index contributed by atoms with van der Waals surface area (Å²) in [7, 11) is 6.38. The number of methoxy groups -OCH3 is 3. The number of amides is 9. The normalized spacial score (nSPS) is 17.5. The van der Waals surface area contributed by atoms with E-state index in [1.807, 2.05) is 86.0 Å². The van der Waals surface area contributed by atoms with Crippen LogP contribution in [0.2, 0.25) is 0 Å². The smallest absolute Gasteiger partial charge is 0.416 e. The summed E-state index contributed by atoms with van der Waals surface area (Å²) in [6, 6.07) is 32.6. The zero-order valence-electron chi connectivity index (χ0n) is 60.4. The molecular weight excluding hydrogens is 1370 g/mol. The van der Waals surface area contributed by atoms with E-state index in [0.29, 0.717) is 83.3 Å². The maximum atomic E-state index is 14.5. The molecular formula is C78H85N13O16. The summed E-state index contributed by atoms with van der Waals surface area (Å²) >= 11 is 0. The summed E-state index contributed by atoms with van der Waals surface area (Å²) in [6.45, 7) is 4.96. The Balaban J connectivity index is 0.569. The average molecular weight is 1460 g/mol. The molecule has 2 fully saturated rings. The monoisotopic (exact) mass is 1460 g/mol. The Morgan fingerprint density at radius 1 is 0.701 bits per heavy atom. The van der Waals surface area contributed by atoms with Gasteiger partial charge in [0.05, 0.1) is 100 Å². The molecule has 29 heteroatoms. The summed E-state index contributed by atoms with van der Waals surface area (Å²) in [5.74, 6) is -2.61. The van der Waals surface area contributed by atoms with E-state index in [1.54, 1.807) is 76.7 Å². The minimum atomic E-state index is -1.50. The van der Waals surface area contributed by atoms with Crippen LogP contribution < -0.4 is 65.4 Å². The van der Waals surface area contributed by atoms with Gasteiger partial charge in [0.25, 0.3) is 11.8 Å². The highest BCUT2D eigenvalue weighted by atomic mass is 16.6. The molecule has 5 aliphatic heterocycles. The van der Waals surface area contributed by atoms with Gasteiger partial charge in [-0.1, -0.05) is 85.8 Å². The zero-order valence-corrected chi connectivity index (χ0v) is 60.4. The number of rotatable bonds is 25. The van der Waals surface area contributed by atoms with E-state index in [1.165, 1.54) is 33.3 Å². The number of nitrogens with one attached hydrogen (secondary N) is 6. The number of aliphatic hydroxyl groups is 1. The number of aromatic nitrogens is 3. The Morgan fingerprint density at radius 3 is 2.09 bits per heavy atom. The number of aliphatic hydroxyl groups excluding tert-OH is 1. The first-order chi connectivity index (χ1) is 51.6. The minimum absolute atomic E-state index is 0.0555. The second-order valence-electron chi connectivity index (χ2n) is 27.8. The fourth-order valence-electron chi connectivity index (χ4n) is 14.3. The molecule has 13 rings (SSSR count). The highest BCUT2D eigenvalue weighted by molar-refractivity contribution is 6.07. The number of aryl methyl sites for hydroxylation is 1. The van der Waals surface area contributed by atoms with Crippen LogP contribution in [-0.4, -0.2) is 174 Å². The van der Waals surface area contributed by atoms with Gasteiger partial charge in [0.15, 0.2) is 29.2 Å². The SMILES string of the molecule is COc1ccc(C2=CN3C(=O)c4cc(OC)c(OCCCOc5cc6c(cc5OC)C(=O)N5CC7(CC7)C[C@H]5C(O)N6C(=O)OCc5ccc(NC(=O)[C@H](C)NC(=O)[C@@H](NC(=O)CNC(=O)CNC(=O)CCC(=O)N6Cc7ccccc7-c7c(nnn7C)-c7ccccc76)C(C)C)cc5)cc4NC[C@@H]3C2)cc1. The number of nitrogens with zero attached hydrogens (tertiary/aromatic N) is 7. The lowest BCUT2D eigenvalue weighted by molar-refractivity contribution is -0.132. The number of carbonyl (C=O) groups excluding carboxylic acids is 9. The molecule has 1 aromatic heterocycles. The Labute approximate surface area is 617 Å². The minimum Gasteiger partial charge on any atom is -0.497 e. The Morgan fingerprint density at radius 2 is 1.38 bits per heavy atom. The summed E-state index contributed by atoms with van der Waals surface area (Å²) in [6.07, 6.45) is 2.33. The third-order valence-corrected chi connectivity index (χ3v) is 20.3. The van der Waals surface area contributed by atoms with E-state index in [2.05, 4.69) is 42.2 Å². The molecule has 1 aliphatic carbocycles. The number of fused-ring (bicyclic) bond motifs is 9. The van der Waals surface area contributed by atoms with Gasteiger partial charge in [-0.3, -0.25) is 38.4 Å². The van der Waals surface area contributed by atoms with Gasteiger partial charge in [-0.15, -0.1) is 5.10 Å². The first kappa shape index (κ1) is 73.3. The van der Waals surface area contributed by atoms with Gasteiger partial charge in [-0.2, -0.15) is 0 Å². The molecule has 0 bridgehead atoms. The molecule has 29 nitrogen and oxygen atoms in total. The Hall–Kier alpha value is -12.0. The lowest BCUT2D eigenvalue weighted by atomic mass is 9.95. The van der Waals surface area contributed by atoms with Crippen molar-refractivity contribution >= 4 is 81.7 Å². The van der Waals surface area contributed by atoms with E-state index in [9.17, 15) is 48.3 Å². The van der Waals surface area contributed by atoms with E-state index in [-0.39, 0.29) is 91.1 Å². The van der Waals surface area contributed by atoms with Crippen LogP contribution in [0.4, 0.5) is 27.5 Å². The molecule has 9 amide bonds. The number of hydrogen-bond acceptors (Lipinski definition) is 19. The van der Waals surface area contributed by atoms with Crippen molar-refractivity contribution in [2.45, 2.75) is 109 Å². The Kier molecular flexibility index (Phi) is 21.5. The van der Waals surface area contributed by atoms with E-state index in [4.69, 9.17) is 28.4 Å². The molecule has 5 atom stereocenters. The molecule has 6 aliphatic rings. The summed E-state index contributed by atoms with van der Waals surface area (Å²) in [4.78, 5) is 129. The van der Waals surface area contributed by atoms with Crippen LogP contribution in [0.15, 0.2) is 128 Å². The molecule has 1 saturated carbocycles. The number of para-hydroxylation sites is 1. The standard InChI is InChI=1S/C78H85N13O16/c1-44(2)69(84-67(94)39-81-66(93)38-80-65(92)25-26-68(95)89-40-48-13-8-9-14-53(48)71-70(85-86-87(71)4)54-15-10-11-16-58(54)89)73(97)82-45(3)72(96)83-50-21-17-46(18-22-50)42-107-77(101)91-59-35-64(62(104-7)33-56(59)75(99)90-43-78(27-28-78)36-60(90)76(91)100)106-30-12-29-105-63-34-57-55(32-61(63)103-6)74(98)88-41-49(31-51(88)37-79-57)47-19-23-52(102-5)24-20-47/h8-11,13-24,32-35,41,44-45,51,60,69,76,79,100H,12,25-31,36-40,42-43H2,1-7H3,(H,80,92)(H,81,93)(H,82,97)(H,83,96)(H,84,94)/t45-,51-,60-,69-,76?/m0/s1. The van der Waals surface area contributed by atoms with Crippen LogP contribution in [0.25, 0.3) is 28.1 Å². The highest BCUT2D eigenvalue weighted by Gasteiger charge is 2.58. The second-order valence-corrected chi connectivity index (χ2v) is 27.8. The van der Waals surface area contributed by atoms with E-state index < -0.39 is 79.0 Å². The molecule has 107 heavy (non-hydrogen) atoms. The first-order valence-corrected chi connectivity index (χ1v) is 35.6. The maximum Gasteiger partial charge on any atom is 0.416 e. The second kappa shape index (κ2) is 31.4. The molecule has 1 spiro atoms. The topological polar surface area (TPSA) is 345 Å². The van der Waals surface area contributed by atoms with E-state index in [0.717, 1.165) is 51.4 Å². The van der Waals surface area contributed by atoms with Crippen molar-refractivity contribution in [1.29, 1.82) is 0 Å². The third-order valence-electron chi connectivity index (χ3n) is 20.3. The van der Waals surface area contributed by atoms with Gasteiger partial charge < -0.3 is 80.1 Å². The van der Waals surface area contributed by atoms with Crippen LogP contribution in [0.3, 0.4) is 0 Å². The molecule has 1 unspecified atom stereocenters. The lowest BCUT2D eigenvalue weighted by Crippen LogP contribution is -2.55. The van der Waals surface area contributed by atoms with Crippen LogP contribution in [0, 0.1) is 11.3 Å². The number of ether oxygens (including phenoxy) is 6. The van der Waals surface area contributed by atoms with Crippen molar-refractivity contribution in [2.24, 2.45) is 18.4 Å². The van der Waals surface area contributed by atoms with Gasteiger partial charge in [0.2, 0.25) is 35.4 Å². The maximum absolute atomic E-state index is 14.5. The van der Waals surface area contributed by atoms with Crippen molar-refractivity contribution in [3.63, 3.8) is 0 Å². The molecule has 1 saturated heterocycles. The molecule has 558 valence electrons. The van der Waals surface area contributed by atoms with Crippen molar-refractivity contribution in [1.82, 2.24) is 46.1 Å². The molecule has 6 aromatic carbocycles. The fraction of sp³-hybridized carbons (Fsp3) is 0.372. The summed E-state index contributed by atoms with van der Waals surface area (Å²) in [5.41, 5.74) is 8.46. The lowest BCUT2D eigenvalue weighted by Gasteiger charge is -2.31.